The molecule has 5 heteroatoms. The minimum absolute atomic E-state index is 0.122. The normalized spacial score (nSPS) is 15.0. The SMILES string of the molecule is Cc1ccc(OC[C@H](C)NC(=O)c2ccc(N3CCCC3=O)cc2)cc1. The Morgan fingerprint density at radius 3 is 2.46 bits per heavy atom. The van der Waals surface area contributed by atoms with Crippen molar-refractivity contribution >= 4 is 17.5 Å². The lowest BCUT2D eigenvalue weighted by Gasteiger charge is -2.17. The van der Waals surface area contributed by atoms with Crippen LogP contribution in [0.15, 0.2) is 48.5 Å². The third-order valence-electron chi connectivity index (χ3n) is 4.41. The summed E-state index contributed by atoms with van der Waals surface area (Å²) in [4.78, 5) is 25.9. The summed E-state index contributed by atoms with van der Waals surface area (Å²) < 4.78 is 5.70. The Bertz CT molecular complexity index is 769. The van der Waals surface area contributed by atoms with E-state index >= 15 is 0 Å². The van der Waals surface area contributed by atoms with Gasteiger partial charge in [0.2, 0.25) is 5.91 Å². The van der Waals surface area contributed by atoms with E-state index in [0.717, 1.165) is 24.4 Å². The van der Waals surface area contributed by atoms with Crippen molar-refractivity contribution in [2.75, 3.05) is 18.1 Å². The quantitative estimate of drug-likeness (QED) is 0.868. The maximum Gasteiger partial charge on any atom is 0.251 e. The molecule has 1 N–H and O–H groups in total. The van der Waals surface area contributed by atoms with Crippen molar-refractivity contribution in [1.82, 2.24) is 5.32 Å². The minimum Gasteiger partial charge on any atom is -0.491 e. The van der Waals surface area contributed by atoms with Crippen LogP contribution in [0.4, 0.5) is 5.69 Å². The van der Waals surface area contributed by atoms with Gasteiger partial charge in [-0.15, -0.1) is 0 Å². The van der Waals surface area contributed by atoms with Crippen molar-refractivity contribution in [2.24, 2.45) is 0 Å². The van der Waals surface area contributed by atoms with Crippen molar-refractivity contribution in [3.63, 3.8) is 0 Å². The van der Waals surface area contributed by atoms with Gasteiger partial charge in [0.25, 0.3) is 5.91 Å². The molecule has 2 amide bonds. The molecule has 0 aliphatic carbocycles. The molecule has 1 aliphatic heterocycles. The zero-order valence-corrected chi connectivity index (χ0v) is 15.2. The molecule has 0 saturated carbocycles. The van der Waals surface area contributed by atoms with E-state index < -0.39 is 0 Å². The number of benzene rings is 2. The number of hydrogen-bond donors (Lipinski definition) is 1. The summed E-state index contributed by atoms with van der Waals surface area (Å²) in [6.07, 6.45) is 1.49. The number of rotatable bonds is 6. The molecule has 1 fully saturated rings. The van der Waals surface area contributed by atoms with E-state index in [9.17, 15) is 9.59 Å². The molecule has 0 bridgehead atoms. The zero-order valence-electron chi connectivity index (χ0n) is 15.2. The van der Waals surface area contributed by atoms with Gasteiger partial charge >= 0.3 is 0 Å². The van der Waals surface area contributed by atoms with Crippen LogP contribution in [-0.4, -0.2) is 31.0 Å². The van der Waals surface area contributed by atoms with E-state index in [1.807, 2.05) is 50.2 Å². The highest BCUT2D eigenvalue weighted by Gasteiger charge is 2.21. The van der Waals surface area contributed by atoms with Crippen LogP contribution < -0.4 is 15.0 Å². The lowest BCUT2D eigenvalue weighted by atomic mass is 10.1. The van der Waals surface area contributed by atoms with Crippen molar-refractivity contribution < 1.29 is 14.3 Å². The molecule has 136 valence electrons. The summed E-state index contributed by atoms with van der Waals surface area (Å²) in [6, 6.07) is 14.9. The Morgan fingerprint density at radius 1 is 1.15 bits per heavy atom. The second-order valence-corrected chi connectivity index (χ2v) is 6.69. The van der Waals surface area contributed by atoms with E-state index in [1.54, 1.807) is 17.0 Å². The second-order valence-electron chi connectivity index (χ2n) is 6.69. The van der Waals surface area contributed by atoms with Gasteiger partial charge in [-0.2, -0.15) is 0 Å². The number of amides is 2. The van der Waals surface area contributed by atoms with Gasteiger partial charge in [-0.05, 0) is 56.7 Å². The van der Waals surface area contributed by atoms with Crippen LogP contribution in [0.3, 0.4) is 0 Å². The van der Waals surface area contributed by atoms with Crippen LogP contribution in [0.5, 0.6) is 5.75 Å². The predicted octanol–water partition coefficient (Wildman–Crippen LogP) is 3.32. The van der Waals surface area contributed by atoms with Crippen LogP contribution in [0.1, 0.15) is 35.7 Å². The van der Waals surface area contributed by atoms with Gasteiger partial charge in [0.05, 0.1) is 6.04 Å². The third-order valence-corrected chi connectivity index (χ3v) is 4.41. The van der Waals surface area contributed by atoms with E-state index in [4.69, 9.17) is 4.74 Å². The lowest BCUT2D eigenvalue weighted by Crippen LogP contribution is -2.36. The molecular formula is C21H24N2O3. The zero-order chi connectivity index (χ0) is 18.5. The Hall–Kier alpha value is -2.82. The van der Waals surface area contributed by atoms with Crippen LogP contribution in [0.2, 0.25) is 0 Å². The monoisotopic (exact) mass is 352 g/mol. The number of aryl methyl sites for hydroxylation is 1. The van der Waals surface area contributed by atoms with Crippen molar-refractivity contribution in [3.05, 3.63) is 59.7 Å². The number of carbonyl (C=O) groups excluding carboxylic acids is 2. The average molecular weight is 352 g/mol. The first-order valence-corrected chi connectivity index (χ1v) is 8.94. The Balaban J connectivity index is 1.52. The number of hydrogen-bond acceptors (Lipinski definition) is 3. The molecule has 1 atom stereocenters. The van der Waals surface area contributed by atoms with E-state index in [0.29, 0.717) is 18.6 Å². The number of anilines is 1. The van der Waals surface area contributed by atoms with Crippen LogP contribution >= 0.6 is 0 Å². The molecule has 5 nitrogen and oxygen atoms in total. The lowest BCUT2D eigenvalue weighted by molar-refractivity contribution is -0.117. The summed E-state index contributed by atoms with van der Waals surface area (Å²) in [6.45, 7) is 5.08. The van der Waals surface area contributed by atoms with Crippen LogP contribution in [0.25, 0.3) is 0 Å². The molecule has 0 spiro atoms. The van der Waals surface area contributed by atoms with Gasteiger partial charge in [-0.3, -0.25) is 9.59 Å². The van der Waals surface area contributed by atoms with Crippen molar-refractivity contribution in [1.29, 1.82) is 0 Å². The highest BCUT2D eigenvalue weighted by Crippen LogP contribution is 2.21. The maximum absolute atomic E-state index is 12.4. The summed E-state index contributed by atoms with van der Waals surface area (Å²) in [7, 11) is 0. The first kappa shape index (κ1) is 18.0. The fraction of sp³-hybridized carbons (Fsp3) is 0.333. The van der Waals surface area contributed by atoms with E-state index in [2.05, 4.69) is 5.32 Å². The number of carbonyl (C=O) groups is 2. The number of ether oxygens (including phenoxy) is 1. The van der Waals surface area contributed by atoms with Crippen LogP contribution in [-0.2, 0) is 4.79 Å². The average Bonchev–Trinajstić information content (AvgIpc) is 3.07. The van der Waals surface area contributed by atoms with Gasteiger partial charge in [0.15, 0.2) is 0 Å². The first-order chi connectivity index (χ1) is 12.5. The fourth-order valence-electron chi connectivity index (χ4n) is 2.92. The molecular weight excluding hydrogens is 328 g/mol. The standard InChI is InChI=1S/C21H24N2O3/c1-15-5-11-19(12-6-15)26-14-16(2)22-21(25)17-7-9-18(10-8-17)23-13-3-4-20(23)24/h5-12,16H,3-4,13-14H2,1-2H3,(H,22,25)/t16-/m0/s1. The Labute approximate surface area is 154 Å². The Kier molecular flexibility index (Phi) is 5.56. The molecule has 0 radical (unpaired) electrons. The number of nitrogens with zero attached hydrogens (tertiary/aromatic N) is 1. The first-order valence-electron chi connectivity index (χ1n) is 8.94. The third kappa shape index (κ3) is 4.42. The van der Waals surface area contributed by atoms with Gasteiger partial charge in [0.1, 0.15) is 12.4 Å². The Morgan fingerprint density at radius 2 is 1.85 bits per heavy atom. The minimum atomic E-state index is -0.149. The van der Waals surface area contributed by atoms with Gasteiger partial charge in [0, 0.05) is 24.2 Å². The summed E-state index contributed by atoms with van der Waals surface area (Å²) in [5, 5.41) is 2.93. The van der Waals surface area contributed by atoms with Gasteiger partial charge in [-0.25, -0.2) is 0 Å². The smallest absolute Gasteiger partial charge is 0.251 e. The van der Waals surface area contributed by atoms with E-state index in [1.165, 1.54) is 5.56 Å². The molecule has 2 aromatic rings. The molecule has 0 aromatic heterocycles. The molecule has 26 heavy (non-hydrogen) atoms. The largest absolute Gasteiger partial charge is 0.491 e. The molecule has 3 rings (SSSR count). The van der Waals surface area contributed by atoms with Gasteiger partial charge < -0.3 is 15.0 Å². The topological polar surface area (TPSA) is 58.6 Å². The highest BCUT2D eigenvalue weighted by molar-refractivity contribution is 5.97. The fourth-order valence-corrected chi connectivity index (χ4v) is 2.92. The summed E-state index contributed by atoms with van der Waals surface area (Å²) >= 11 is 0. The molecule has 2 aromatic carbocycles. The summed E-state index contributed by atoms with van der Waals surface area (Å²) in [5.41, 5.74) is 2.60. The second kappa shape index (κ2) is 8.04. The number of nitrogens with one attached hydrogen (secondary N) is 1. The van der Waals surface area contributed by atoms with Crippen molar-refractivity contribution in [3.8, 4) is 5.75 Å². The molecule has 1 heterocycles. The van der Waals surface area contributed by atoms with Gasteiger partial charge in [-0.1, -0.05) is 17.7 Å². The van der Waals surface area contributed by atoms with E-state index in [-0.39, 0.29) is 17.9 Å². The molecule has 0 unspecified atom stereocenters. The molecule has 1 aliphatic rings. The predicted molar refractivity (Wildman–Crippen MR) is 102 cm³/mol. The highest BCUT2D eigenvalue weighted by atomic mass is 16.5. The maximum atomic E-state index is 12.4. The summed E-state index contributed by atoms with van der Waals surface area (Å²) in [5.74, 6) is 0.782. The van der Waals surface area contributed by atoms with Crippen molar-refractivity contribution in [2.45, 2.75) is 32.7 Å². The van der Waals surface area contributed by atoms with Crippen LogP contribution in [0, 0.1) is 6.92 Å². The molecule has 1 saturated heterocycles.